The standard InChI is InChI=1S/C33H36ClN5O3/c1-2-16-36-31(40)27-9-5-6-10-29(27)38-18-20-39(21-19-38)33(42)28(22-23-11-13-25(34)14-12-23)37-32(41)30-26-8-4-3-7-24(26)15-17-35-30/h2-14,28,30,35H,1,15-22H2,(H,36,40)(H,37,41)/t28-,30?/m1/s1. The quantitative estimate of drug-likeness (QED) is 0.334. The van der Waals surface area contributed by atoms with Crippen molar-refractivity contribution in [2.24, 2.45) is 0 Å². The molecule has 3 aromatic rings. The molecule has 3 N–H and O–H groups in total. The Morgan fingerprint density at radius 3 is 2.45 bits per heavy atom. The number of anilines is 1. The molecular formula is C33H36ClN5O3. The van der Waals surface area contributed by atoms with Crippen LogP contribution in [0.4, 0.5) is 5.69 Å². The van der Waals surface area contributed by atoms with E-state index in [-0.39, 0.29) is 17.7 Å². The fourth-order valence-electron chi connectivity index (χ4n) is 5.64. The molecule has 0 aromatic heterocycles. The maximum atomic E-state index is 13.9. The van der Waals surface area contributed by atoms with Crippen LogP contribution >= 0.6 is 11.6 Å². The molecular weight excluding hydrogens is 550 g/mol. The number of carbonyl (C=O) groups excluding carboxylic acids is 3. The molecule has 2 heterocycles. The Balaban J connectivity index is 1.30. The Morgan fingerprint density at radius 2 is 1.69 bits per heavy atom. The van der Waals surface area contributed by atoms with Crippen LogP contribution in [0, 0.1) is 0 Å². The smallest absolute Gasteiger partial charge is 0.253 e. The van der Waals surface area contributed by atoms with Crippen molar-refractivity contribution in [2.75, 3.05) is 44.2 Å². The summed E-state index contributed by atoms with van der Waals surface area (Å²) in [7, 11) is 0. The fourth-order valence-corrected chi connectivity index (χ4v) is 5.77. The van der Waals surface area contributed by atoms with Gasteiger partial charge in [0.05, 0.1) is 5.56 Å². The van der Waals surface area contributed by atoms with Crippen LogP contribution in [-0.2, 0) is 22.4 Å². The molecule has 2 aliphatic heterocycles. The lowest BCUT2D eigenvalue weighted by molar-refractivity contribution is -0.137. The van der Waals surface area contributed by atoms with E-state index in [1.165, 1.54) is 0 Å². The molecule has 8 nitrogen and oxygen atoms in total. The second-order valence-corrected chi connectivity index (χ2v) is 11.0. The van der Waals surface area contributed by atoms with Crippen molar-refractivity contribution in [1.29, 1.82) is 0 Å². The van der Waals surface area contributed by atoms with Crippen LogP contribution < -0.4 is 20.9 Å². The molecule has 3 aromatic carbocycles. The van der Waals surface area contributed by atoms with Gasteiger partial charge in [-0.1, -0.05) is 66.2 Å². The van der Waals surface area contributed by atoms with Gasteiger partial charge in [0.25, 0.3) is 5.91 Å². The van der Waals surface area contributed by atoms with Crippen molar-refractivity contribution in [3.8, 4) is 0 Å². The van der Waals surface area contributed by atoms with Crippen LogP contribution in [0.15, 0.2) is 85.5 Å². The van der Waals surface area contributed by atoms with Gasteiger partial charge in [0.1, 0.15) is 12.1 Å². The molecule has 2 atom stereocenters. The molecule has 218 valence electrons. The van der Waals surface area contributed by atoms with E-state index in [0.29, 0.717) is 56.3 Å². The highest BCUT2D eigenvalue weighted by molar-refractivity contribution is 6.30. The highest BCUT2D eigenvalue weighted by atomic mass is 35.5. The van der Waals surface area contributed by atoms with Gasteiger partial charge >= 0.3 is 0 Å². The fraction of sp³-hybridized carbons (Fsp3) is 0.303. The lowest BCUT2D eigenvalue weighted by atomic mass is 9.93. The molecule has 9 heteroatoms. The first kappa shape index (κ1) is 29.4. The molecule has 0 bridgehead atoms. The number of hydrogen-bond acceptors (Lipinski definition) is 5. The minimum atomic E-state index is -0.738. The highest BCUT2D eigenvalue weighted by Crippen LogP contribution is 2.25. The molecule has 0 radical (unpaired) electrons. The largest absolute Gasteiger partial charge is 0.367 e. The summed E-state index contributed by atoms with van der Waals surface area (Å²) in [6.45, 7) is 6.82. The minimum Gasteiger partial charge on any atom is -0.367 e. The molecule has 42 heavy (non-hydrogen) atoms. The van der Waals surface area contributed by atoms with Gasteiger partial charge in [0.2, 0.25) is 11.8 Å². The van der Waals surface area contributed by atoms with Crippen LogP contribution in [0.5, 0.6) is 0 Å². The number of carbonyl (C=O) groups is 3. The van der Waals surface area contributed by atoms with Gasteiger partial charge in [-0.05, 0) is 47.4 Å². The predicted molar refractivity (Wildman–Crippen MR) is 166 cm³/mol. The van der Waals surface area contributed by atoms with E-state index in [1.54, 1.807) is 29.2 Å². The number of nitrogens with one attached hydrogen (secondary N) is 3. The van der Waals surface area contributed by atoms with Gasteiger partial charge in [-0.3, -0.25) is 14.4 Å². The van der Waals surface area contributed by atoms with Gasteiger partial charge in [-0.2, -0.15) is 0 Å². The lowest BCUT2D eigenvalue weighted by Gasteiger charge is -2.38. The summed E-state index contributed by atoms with van der Waals surface area (Å²) < 4.78 is 0. The van der Waals surface area contributed by atoms with Gasteiger partial charge in [-0.25, -0.2) is 0 Å². The second-order valence-electron chi connectivity index (χ2n) is 10.6. The number of hydrogen-bond donors (Lipinski definition) is 3. The summed E-state index contributed by atoms with van der Waals surface area (Å²) >= 11 is 6.10. The summed E-state index contributed by atoms with van der Waals surface area (Å²) in [5.41, 5.74) is 4.43. The highest BCUT2D eigenvalue weighted by Gasteiger charge is 2.33. The molecule has 5 rings (SSSR count). The van der Waals surface area contributed by atoms with Crippen molar-refractivity contribution in [1.82, 2.24) is 20.9 Å². The summed E-state index contributed by atoms with van der Waals surface area (Å²) in [6, 6.07) is 21.5. The van der Waals surface area contributed by atoms with Crippen molar-refractivity contribution in [3.05, 3.63) is 113 Å². The third kappa shape index (κ3) is 6.83. The number of nitrogens with zero attached hydrogens (tertiary/aromatic N) is 2. The molecule has 0 saturated carbocycles. The van der Waals surface area contributed by atoms with Gasteiger partial charge in [-0.15, -0.1) is 6.58 Å². The zero-order chi connectivity index (χ0) is 29.5. The first-order chi connectivity index (χ1) is 20.4. The lowest BCUT2D eigenvalue weighted by Crippen LogP contribution is -2.57. The molecule has 1 unspecified atom stereocenters. The Hall–Kier alpha value is -4.14. The van der Waals surface area contributed by atoms with Crippen LogP contribution in [0.3, 0.4) is 0 Å². The summed E-state index contributed by atoms with van der Waals surface area (Å²) in [5.74, 6) is -0.501. The van der Waals surface area contributed by atoms with E-state index in [4.69, 9.17) is 11.6 Å². The number of halogens is 1. The SMILES string of the molecule is C=CCNC(=O)c1ccccc1N1CCN(C(=O)[C@@H](Cc2ccc(Cl)cc2)NC(=O)C2NCCc3ccccc32)CC1. The Kier molecular flexibility index (Phi) is 9.56. The Morgan fingerprint density at radius 1 is 0.976 bits per heavy atom. The maximum Gasteiger partial charge on any atom is 0.253 e. The first-order valence-electron chi connectivity index (χ1n) is 14.3. The van der Waals surface area contributed by atoms with Crippen LogP contribution in [0.25, 0.3) is 0 Å². The number of piperazine rings is 1. The normalized spacial score (nSPS) is 17.1. The van der Waals surface area contributed by atoms with Crippen molar-refractivity contribution >= 4 is 35.0 Å². The topological polar surface area (TPSA) is 93.8 Å². The Labute approximate surface area is 251 Å². The van der Waals surface area contributed by atoms with Crippen LogP contribution in [0.1, 0.15) is 33.1 Å². The average Bonchev–Trinajstić information content (AvgIpc) is 3.03. The first-order valence-corrected chi connectivity index (χ1v) is 14.7. The van der Waals surface area contributed by atoms with Crippen LogP contribution in [0.2, 0.25) is 5.02 Å². The number of para-hydroxylation sites is 1. The van der Waals surface area contributed by atoms with E-state index < -0.39 is 12.1 Å². The van der Waals surface area contributed by atoms with Crippen molar-refractivity contribution in [2.45, 2.75) is 24.9 Å². The van der Waals surface area contributed by atoms with E-state index in [0.717, 1.165) is 28.8 Å². The number of rotatable bonds is 9. The Bertz CT molecular complexity index is 1440. The number of amides is 3. The molecule has 1 fully saturated rings. The third-order valence-electron chi connectivity index (χ3n) is 7.83. The third-order valence-corrected chi connectivity index (χ3v) is 8.08. The van der Waals surface area contributed by atoms with Gasteiger partial charge in [0, 0.05) is 56.4 Å². The predicted octanol–water partition coefficient (Wildman–Crippen LogP) is 3.52. The van der Waals surface area contributed by atoms with Gasteiger partial charge < -0.3 is 25.8 Å². The monoisotopic (exact) mass is 585 g/mol. The van der Waals surface area contributed by atoms with E-state index in [9.17, 15) is 14.4 Å². The zero-order valence-electron chi connectivity index (χ0n) is 23.5. The molecule has 0 spiro atoms. The molecule has 2 aliphatic rings. The zero-order valence-corrected chi connectivity index (χ0v) is 24.3. The van der Waals surface area contributed by atoms with E-state index >= 15 is 0 Å². The summed E-state index contributed by atoms with van der Waals surface area (Å²) in [6.07, 6.45) is 2.85. The number of benzene rings is 3. The van der Waals surface area contributed by atoms with Crippen molar-refractivity contribution in [3.63, 3.8) is 0 Å². The number of fused-ring (bicyclic) bond motifs is 1. The summed E-state index contributed by atoms with van der Waals surface area (Å²) in [4.78, 5) is 44.2. The van der Waals surface area contributed by atoms with E-state index in [1.807, 2.05) is 54.6 Å². The minimum absolute atomic E-state index is 0.126. The summed E-state index contributed by atoms with van der Waals surface area (Å²) in [5, 5.41) is 9.86. The van der Waals surface area contributed by atoms with Crippen molar-refractivity contribution < 1.29 is 14.4 Å². The average molecular weight is 586 g/mol. The van der Waals surface area contributed by atoms with E-state index in [2.05, 4.69) is 27.4 Å². The van der Waals surface area contributed by atoms with Gasteiger partial charge in [0.15, 0.2) is 0 Å². The molecule has 1 saturated heterocycles. The maximum absolute atomic E-state index is 13.9. The molecule has 3 amide bonds. The van der Waals surface area contributed by atoms with Crippen LogP contribution in [-0.4, -0.2) is 67.9 Å². The second kappa shape index (κ2) is 13.7. The molecule has 0 aliphatic carbocycles.